The van der Waals surface area contributed by atoms with Gasteiger partial charge in [-0.05, 0) is 253 Å². The lowest BCUT2D eigenvalue weighted by atomic mass is 9.98. The monoisotopic (exact) mass is 1810 g/mol. The predicted octanol–water partition coefficient (Wildman–Crippen LogP) is 38.9. The molecule has 7 heterocycles. The summed E-state index contributed by atoms with van der Waals surface area (Å²) in [6.45, 7) is 14.9. The van der Waals surface area contributed by atoms with Crippen LogP contribution in [0.3, 0.4) is 0 Å². The van der Waals surface area contributed by atoms with Gasteiger partial charge >= 0.3 is 0 Å². The zero-order valence-electron chi connectivity index (χ0n) is 78.8. The molecule has 672 valence electrons. The molecule has 28 aromatic rings. The number of para-hydroxylation sites is 8. The molecule has 0 fully saturated rings. The first-order valence-corrected chi connectivity index (χ1v) is 47.6. The molecule has 0 radical (unpaired) electrons. The minimum atomic E-state index is 0.946. The van der Waals surface area contributed by atoms with E-state index in [1.165, 1.54) is 187 Å². The summed E-state index contributed by atoms with van der Waals surface area (Å²) in [6.07, 6.45) is 0. The molecule has 21 aromatic carbocycles. The lowest BCUT2D eigenvalue weighted by Crippen LogP contribution is -1.82. The van der Waals surface area contributed by atoms with Gasteiger partial charge < -0.3 is 30.9 Å². The SMILES string of the molecule is Cc1ccc(-c2ccc3c(c2)oc2ccccc23)cc1.Cc1ccc(-c2ccc3oc4ccccc4c3c2)cc1.Cc1cccc(-c2ccc3c(c2)oc2ccccc23)c1.Cc1cccc(-c2ccc3oc4ccccc4c3c2)c1.Cc1ccccc1-c1ccc2c(c1)oc1ccccc12.Cc1ccccc1-c1ccc2oc3ccccc3c2c1.Cc1ccccc1-c1cccc2c1oc1ccccc12. The molecule has 140 heavy (non-hydrogen) atoms. The van der Waals surface area contributed by atoms with Gasteiger partial charge in [0.1, 0.15) is 78.2 Å². The summed E-state index contributed by atoms with van der Waals surface area (Å²) < 4.78 is 41.5. The van der Waals surface area contributed by atoms with E-state index >= 15 is 0 Å². The van der Waals surface area contributed by atoms with E-state index in [1.54, 1.807) is 0 Å². The number of fused-ring (bicyclic) bond motifs is 21. The van der Waals surface area contributed by atoms with E-state index < -0.39 is 0 Å². The maximum absolute atomic E-state index is 6.09. The van der Waals surface area contributed by atoms with Gasteiger partial charge in [-0.1, -0.05) is 374 Å². The van der Waals surface area contributed by atoms with E-state index in [1.807, 2.05) is 103 Å². The minimum Gasteiger partial charge on any atom is -0.456 e. The average molecular weight is 1810 g/mol. The van der Waals surface area contributed by atoms with E-state index in [9.17, 15) is 0 Å². The molecule has 0 spiro atoms. The van der Waals surface area contributed by atoms with Crippen LogP contribution in [0.5, 0.6) is 0 Å². The zero-order chi connectivity index (χ0) is 94.7. The molecule has 7 heteroatoms. The van der Waals surface area contributed by atoms with Gasteiger partial charge in [-0.25, -0.2) is 0 Å². The molecule has 0 aliphatic carbocycles. The molecule has 7 aromatic heterocycles. The highest BCUT2D eigenvalue weighted by atomic mass is 16.4. The number of hydrogen-bond acceptors (Lipinski definition) is 7. The summed E-state index contributed by atoms with van der Waals surface area (Å²) >= 11 is 0. The Bertz CT molecular complexity index is 9390. The molecule has 0 amide bonds. The molecule has 7 nitrogen and oxygen atoms in total. The fraction of sp³-hybridized carbons (Fsp3) is 0.0526. The number of furan rings is 7. The van der Waals surface area contributed by atoms with Gasteiger partial charge in [-0.2, -0.15) is 0 Å². The van der Waals surface area contributed by atoms with Gasteiger partial charge in [-0.3, -0.25) is 0 Å². The Morgan fingerprint density at radius 3 is 0.729 bits per heavy atom. The van der Waals surface area contributed by atoms with Gasteiger partial charge in [0.25, 0.3) is 0 Å². The van der Waals surface area contributed by atoms with Crippen molar-refractivity contribution in [2.75, 3.05) is 0 Å². The highest BCUT2D eigenvalue weighted by Gasteiger charge is 2.18. The maximum atomic E-state index is 6.09. The Hall–Kier alpha value is -17.8. The standard InChI is InChI=1S/7C19H14O/c1-13-7-2-3-8-14(13)16-10-6-11-17-15-9-4-5-12-18(15)20-19(16)17;1-13-5-4-6-14(11-13)15-9-10-19-17(12-15)16-7-2-3-8-18(16)20-19;1-13-5-4-6-14(11-13)15-9-10-17-16-7-2-3-8-18(16)20-19(17)12-15;1-13-6-2-3-7-15(13)14-10-11-19-17(12-14)16-8-4-5-9-18(16)20-19;1-13-6-2-3-7-15(13)14-10-11-17-16-8-4-5-9-18(16)20-19(17)12-14;1-13-6-8-14(9-7-13)15-10-11-19-17(12-15)16-4-2-3-5-18(16)20-19;1-13-6-8-14(9-7-13)15-10-11-17-16-4-2-3-5-18(16)20-19(17)12-15/h7*2-12H,1H3. The third-order valence-electron chi connectivity index (χ3n) is 26.5. The van der Waals surface area contributed by atoms with Crippen LogP contribution in [-0.4, -0.2) is 0 Å². The summed E-state index contributed by atoms with van der Waals surface area (Å²) in [5, 5.41) is 16.5. The van der Waals surface area contributed by atoms with Gasteiger partial charge in [-0.15, -0.1) is 0 Å². The maximum Gasteiger partial charge on any atom is 0.143 e. The van der Waals surface area contributed by atoms with Crippen molar-refractivity contribution in [3.05, 3.63) is 506 Å². The molecule has 0 N–H and O–H groups in total. The van der Waals surface area contributed by atoms with E-state index in [-0.39, 0.29) is 0 Å². The van der Waals surface area contributed by atoms with Crippen LogP contribution < -0.4 is 0 Å². The second-order valence-corrected chi connectivity index (χ2v) is 36.1. The van der Waals surface area contributed by atoms with E-state index in [0.717, 1.165) is 83.7 Å². The van der Waals surface area contributed by atoms with Gasteiger partial charge in [0, 0.05) is 81.0 Å². The van der Waals surface area contributed by atoms with Gasteiger partial charge in [0.2, 0.25) is 0 Å². The largest absolute Gasteiger partial charge is 0.456 e. The first-order valence-electron chi connectivity index (χ1n) is 47.6. The first kappa shape index (κ1) is 87.6. The number of rotatable bonds is 7. The lowest BCUT2D eigenvalue weighted by molar-refractivity contribution is 0.668. The van der Waals surface area contributed by atoms with Crippen molar-refractivity contribution in [1.29, 1.82) is 0 Å². The molecule has 0 bridgehead atoms. The second-order valence-electron chi connectivity index (χ2n) is 36.1. The van der Waals surface area contributed by atoms with Gasteiger partial charge in [0.15, 0.2) is 0 Å². The summed E-state index contributed by atoms with van der Waals surface area (Å²) in [6, 6.07) is 162. The molecular formula is C133H98O7. The van der Waals surface area contributed by atoms with Crippen LogP contribution >= 0.6 is 0 Å². The van der Waals surface area contributed by atoms with Crippen LogP contribution in [0, 0.1) is 48.5 Å². The van der Waals surface area contributed by atoms with Crippen LogP contribution in [0.15, 0.2) is 498 Å². The summed E-state index contributed by atoms with van der Waals surface area (Å²) in [5.74, 6) is 0. The van der Waals surface area contributed by atoms with Crippen molar-refractivity contribution >= 4 is 154 Å². The first-order chi connectivity index (χ1) is 68.7. The van der Waals surface area contributed by atoms with Crippen LogP contribution in [0.4, 0.5) is 0 Å². The molecule has 28 rings (SSSR count). The fourth-order valence-corrected chi connectivity index (χ4v) is 19.2. The number of hydrogen-bond donors (Lipinski definition) is 0. The van der Waals surface area contributed by atoms with Crippen LogP contribution in [0.1, 0.15) is 38.9 Å². The van der Waals surface area contributed by atoms with Crippen molar-refractivity contribution in [3.8, 4) is 77.9 Å². The third kappa shape index (κ3) is 18.0. The fourth-order valence-electron chi connectivity index (χ4n) is 19.2. The van der Waals surface area contributed by atoms with Crippen LogP contribution in [0.25, 0.3) is 231 Å². The molecular weight excluding hydrogens is 1710 g/mol. The van der Waals surface area contributed by atoms with Gasteiger partial charge in [0.05, 0.1) is 0 Å². The van der Waals surface area contributed by atoms with E-state index in [2.05, 4.69) is 412 Å². The Morgan fingerprint density at radius 2 is 0.343 bits per heavy atom. The Morgan fingerprint density at radius 1 is 0.114 bits per heavy atom. The number of benzene rings is 21. The van der Waals surface area contributed by atoms with Crippen molar-refractivity contribution in [3.63, 3.8) is 0 Å². The van der Waals surface area contributed by atoms with E-state index in [4.69, 9.17) is 30.9 Å². The highest BCUT2D eigenvalue weighted by molar-refractivity contribution is 6.13. The van der Waals surface area contributed by atoms with Crippen molar-refractivity contribution in [2.45, 2.75) is 48.5 Å². The normalized spacial score (nSPS) is 11.2. The van der Waals surface area contributed by atoms with Crippen molar-refractivity contribution < 1.29 is 30.9 Å². The Labute approximate surface area is 811 Å². The van der Waals surface area contributed by atoms with Crippen LogP contribution in [-0.2, 0) is 0 Å². The van der Waals surface area contributed by atoms with Crippen molar-refractivity contribution in [2.24, 2.45) is 0 Å². The highest BCUT2D eigenvalue weighted by Crippen LogP contribution is 2.43. The van der Waals surface area contributed by atoms with Crippen molar-refractivity contribution in [1.82, 2.24) is 0 Å². The quantitative estimate of drug-likeness (QED) is 0.157. The lowest BCUT2D eigenvalue weighted by Gasteiger charge is -2.06. The summed E-state index contributed by atoms with van der Waals surface area (Å²) in [7, 11) is 0. The second kappa shape index (κ2) is 38.5. The molecule has 0 atom stereocenters. The Kier molecular flexibility index (Phi) is 24.1. The Balaban J connectivity index is 0.0000000939. The topological polar surface area (TPSA) is 92.0 Å². The molecule has 0 saturated carbocycles. The molecule has 0 saturated heterocycles. The zero-order valence-corrected chi connectivity index (χ0v) is 78.8. The molecule has 0 unspecified atom stereocenters. The third-order valence-corrected chi connectivity index (χ3v) is 26.5. The molecule has 0 aliphatic rings. The summed E-state index contributed by atoms with van der Waals surface area (Å²) in [5.41, 5.74) is 39.4. The van der Waals surface area contributed by atoms with E-state index in [0.29, 0.717) is 0 Å². The molecule has 0 aliphatic heterocycles. The smallest absolute Gasteiger partial charge is 0.143 e. The predicted molar refractivity (Wildman–Crippen MR) is 587 cm³/mol. The average Bonchev–Trinajstić information content (AvgIpc) is 1.63. The van der Waals surface area contributed by atoms with Crippen LogP contribution in [0.2, 0.25) is 0 Å². The summed E-state index contributed by atoms with van der Waals surface area (Å²) in [4.78, 5) is 0. The number of aryl methyl sites for hydroxylation is 7. The minimum absolute atomic E-state index is 0.946.